The van der Waals surface area contributed by atoms with E-state index in [0.29, 0.717) is 16.9 Å². The first-order valence-electron chi connectivity index (χ1n) is 6.84. The Bertz CT molecular complexity index is 685. The summed E-state index contributed by atoms with van der Waals surface area (Å²) in [4.78, 5) is 24.2. The fraction of sp³-hybridized carbons (Fsp3) is 0.200. The summed E-state index contributed by atoms with van der Waals surface area (Å²) in [5.41, 5.74) is 6.12. The molecule has 2 aromatic heterocycles. The minimum atomic E-state index is -0.374. The van der Waals surface area contributed by atoms with Gasteiger partial charge in [0.1, 0.15) is 6.26 Å². The highest BCUT2D eigenvalue weighted by Gasteiger charge is 2.11. The molecule has 0 saturated heterocycles. The lowest BCUT2D eigenvalue weighted by molar-refractivity contribution is 0.0990. The fourth-order valence-electron chi connectivity index (χ4n) is 1.76. The van der Waals surface area contributed by atoms with Crippen LogP contribution in [0.15, 0.2) is 57.9 Å². The molecule has 120 valence electrons. The van der Waals surface area contributed by atoms with Crippen LogP contribution in [0.1, 0.15) is 24.0 Å². The van der Waals surface area contributed by atoms with Crippen molar-refractivity contribution < 1.29 is 9.21 Å². The third-order valence-electron chi connectivity index (χ3n) is 2.68. The first-order valence-corrected chi connectivity index (χ1v) is 7.66. The molecule has 1 unspecified atom stereocenters. The van der Waals surface area contributed by atoms with Crippen molar-refractivity contribution >= 4 is 28.5 Å². The van der Waals surface area contributed by atoms with Crippen LogP contribution in [0.5, 0.6) is 0 Å². The first kappa shape index (κ1) is 16.8. The van der Waals surface area contributed by atoms with E-state index in [2.05, 4.69) is 26.9 Å². The molecule has 0 fully saturated rings. The number of oxazole rings is 1. The van der Waals surface area contributed by atoms with E-state index < -0.39 is 0 Å². The number of carbonyl (C=O) groups is 1. The summed E-state index contributed by atoms with van der Waals surface area (Å²) in [5.74, 6) is -0.331. The topological polar surface area (TPSA) is 106 Å². The van der Waals surface area contributed by atoms with Crippen LogP contribution in [0.4, 0.5) is 5.69 Å². The molecule has 7 nitrogen and oxygen atoms in total. The number of rotatable bonds is 2. The van der Waals surface area contributed by atoms with Crippen LogP contribution < -0.4 is 11.1 Å². The normalized spacial score (nSPS) is 16.8. The van der Waals surface area contributed by atoms with Gasteiger partial charge in [0.05, 0.1) is 12.2 Å². The summed E-state index contributed by atoms with van der Waals surface area (Å²) in [5, 5.41) is 3.26. The predicted octanol–water partition coefficient (Wildman–Crippen LogP) is 2.66. The van der Waals surface area contributed by atoms with Crippen molar-refractivity contribution in [2.75, 3.05) is 5.32 Å². The van der Waals surface area contributed by atoms with Crippen LogP contribution >= 0.6 is 11.8 Å². The van der Waals surface area contributed by atoms with Crippen LogP contribution in [0.3, 0.4) is 0 Å². The maximum Gasteiger partial charge on any atom is 0.311 e. The molecule has 1 aliphatic heterocycles. The van der Waals surface area contributed by atoms with Crippen LogP contribution in [-0.4, -0.2) is 27.1 Å². The fourth-order valence-corrected chi connectivity index (χ4v) is 2.62. The van der Waals surface area contributed by atoms with E-state index in [1.807, 2.05) is 6.92 Å². The van der Waals surface area contributed by atoms with Gasteiger partial charge in [-0.3, -0.25) is 14.8 Å². The summed E-state index contributed by atoms with van der Waals surface area (Å²) in [7, 11) is 0. The van der Waals surface area contributed by atoms with Gasteiger partial charge >= 0.3 is 5.91 Å². The first-order chi connectivity index (χ1) is 11.0. The van der Waals surface area contributed by atoms with Gasteiger partial charge in [-0.05, 0) is 24.0 Å². The van der Waals surface area contributed by atoms with Crippen molar-refractivity contribution in [3.05, 3.63) is 54.4 Å². The third-order valence-corrected chi connectivity index (χ3v) is 3.45. The number of aliphatic imine (C=N–C) groups is 1. The molecule has 3 heterocycles. The molecule has 1 amide bonds. The quantitative estimate of drug-likeness (QED) is 0.876. The average Bonchev–Trinajstić information content (AvgIpc) is 3.01. The lowest BCUT2D eigenvalue weighted by Crippen LogP contribution is -2.16. The molecule has 1 atom stereocenters. The van der Waals surface area contributed by atoms with E-state index in [0.717, 1.165) is 11.3 Å². The molecule has 0 spiro atoms. The number of amidine groups is 1. The predicted molar refractivity (Wildman–Crippen MR) is 91.1 cm³/mol. The van der Waals surface area contributed by atoms with E-state index in [-0.39, 0.29) is 11.8 Å². The highest BCUT2D eigenvalue weighted by atomic mass is 32.2. The number of pyridine rings is 1. The second kappa shape index (κ2) is 8.14. The number of hydrogen-bond donors (Lipinski definition) is 2. The minimum absolute atomic E-state index is 0.0433. The van der Waals surface area contributed by atoms with Gasteiger partial charge in [-0.15, -0.1) is 0 Å². The number of nitrogens with zero attached hydrogens (tertiary/aromatic N) is 3. The lowest BCUT2D eigenvalue weighted by atomic mass is 10.2. The summed E-state index contributed by atoms with van der Waals surface area (Å²) >= 11 is 1.48. The SMILES string of the molecule is C=C1CC(C)N=C(N)S1.O=C(Nc1ccncc1)c1ncco1. The van der Waals surface area contributed by atoms with Crippen molar-refractivity contribution in [2.45, 2.75) is 19.4 Å². The van der Waals surface area contributed by atoms with Gasteiger partial charge in [0, 0.05) is 24.5 Å². The van der Waals surface area contributed by atoms with Gasteiger partial charge in [-0.1, -0.05) is 18.3 Å². The Morgan fingerprint density at radius 1 is 1.43 bits per heavy atom. The number of aromatic nitrogens is 2. The molecule has 3 N–H and O–H groups in total. The molecule has 0 saturated carbocycles. The van der Waals surface area contributed by atoms with E-state index in [4.69, 9.17) is 10.2 Å². The van der Waals surface area contributed by atoms with E-state index in [1.165, 1.54) is 24.2 Å². The molecule has 1 aliphatic rings. The molecular formula is C15H17N5O2S. The largest absolute Gasteiger partial charge is 0.441 e. The summed E-state index contributed by atoms with van der Waals surface area (Å²) in [6.45, 7) is 5.86. The molecule has 0 bridgehead atoms. The zero-order valence-corrected chi connectivity index (χ0v) is 13.4. The number of anilines is 1. The van der Waals surface area contributed by atoms with Crippen LogP contribution in [0, 0.1) is 0 Å². The van der Waals surface area contributed by atoms with Crippen molar-refractivity contribution in [1.29, 1.82) is 0 Å². The molecule has 3 rings (SSSR count). The Morgan fingerprint density at radius 2 is 2.17 bits per heavy atom. The summed E-state index contributed by atoms with van der Waals surface area (Å²) < 4.78 is 4.83. The third kappa shape index (κ3) is 5.59. The second-order valence-corrected chi connectivity index (χ2v) is 5.89. The van der Waals surface area contributed by atoms with Crippen LogP contribution in [0.2, 0.25) is 0 Å². The van der Waals surface area contributed by atoms with E-state index in [9.17, 15) is 4.79 Å². The summed E-state index contributed by atoms with van der Waals surface area (Å²) in [6, 6.07) is 3.69. The van der Waals surface area contributed by atoms with Crippen molar-refractivity contribution in [3.63, 3.8) is 0 Å². The highest BCUT2D eigenvalue weighted by molar-refractivity contribution is 8.17. The lowest BCUT2D eigenvalue weighted by Gasteiger charge is -2.14. The number of hydrogen-bond acceptors (Lipinski definition) is 7. The molecular weight excluding hydrogens is 314 g/mol. The smallest absolute Gasteiger partial charge is 0.311 e. The van der Waals surface area contributed by atoms with Crippen LogP contribution in [-0.2, 0) is 0 Å². The van der Waals surface area contributed by atoms with Gasteiger partial charge in [0.2, 0.25) is 0 Å². The van der Waals surface area contributed by atoms with Gasteiger partial charge in [-0.25, -0.2) is 4.98 Å². The number of thioether (sulfide) groups is 1. The van der Waals surface area contributed by atoms with Crippen LogP contribution in [0.25, 0.3) is 0 Å². The second-order valence-electron chi connectivity index (χ2n) is 4.69. The number of carbonyl (C=O) groups excluding carboxylic acids is 1. The van der Waals surface area contributed by atoms with Crippen molar-refractivity contribution in [1.82, 2.24) is 9.97 Å². The maximum absolute atomic E-state index is 11.4. The van der Waals surface area contributed by atoms with E-state index in [1.54, 1.807) is 24.5 Å². The monoisotopic (exact) mass is 331 g/mol. The van der Waals surface area contributed by atoms with Gasteiger partial charge < -0.3 is 15.5 Å². The van der Waals surface area contributed by atoms with E-state index >= 15 is 0 Å². The minimum Gasteiger partial charge on any atom is -0.441 e. The maximum atomic E-state index is 11.4. The Morgan fingerprint density at radius 3 is 2.74 bits per heavy atom. The molecule has 0 radical (unpaired) electrons. The zero-order valence-electron chi connectivity index (χ0n) is 12.6. The molecule has 8 heteroatoms. The molecule has 0 aliphatic carbocycles. The summed E-state index contributed by atoms with van der Waals surface area (Å²) in [6.07, 6.45) is 6.91. The Labute approximate surface area is 138 Å². The zero-order chi connectivity index (χ0) is 16.7. The van der Waals surface area contributed by atoms with Gasteiger partial charge in [0.15, 0.2) is 5.17 Å². The standard InChI is InChI=1S/C9H7N3O2.C6H10N2S/c13-8(9-11-5-6-14-9)12-7-1-3-10-4-2-7;1-4-3-5(2)9-6(7)8-4/h1-6H,(H,10,12,13);4H,2-3H2,1H3,(H2,7,8). The highest BCUT2D eigenvalue weighted by Crippen LogP contribution is 2.24. The number of nitrogens with one attached hydrogen (secondary N) is 1. The van der Waals surface area contributed by atoms with Gasteiger partial charge in [-0.2, -0.15) is 0 Å². The van der Waals surface area contributed by atoms with Gasteiger partial charge in [0.25, 0.3) is 5.89 Å². The number of nitrogens with two attached hydrogens (primary N) is 1. The Balaban J connectivity index is 0.000000185. The Hall–Kier alpha value is -2.61. The molecule has 23 heavy (non-hydrogen) atoms. The molecule has 2 aromatic rings. The Kier molecular flexibility index (Phi) is 5.93. The average molecular weight is 331 g/mol. The number of amides is 1. The molecule has 0 aromatic carbocycles. The van der Waals surface area contributed by atoms with Crippen molar-refractivity contribution in [3.8, 4) is 0 Å². The van der Waals surface area contributed by atoms with Crippen molar-refractivity contribution in [2.24, 2.45) is 10.7 Å².